The van der Waals surface area contributed by atoms with Gasteiger partial charge in [0.25, 0.3) is 0 Å². The van der Waals surface area contributed by atoms with Gasteiger partial charge < -0.3 is 9.84 Å². The van der Waals surface area contributed by atoms with Crippen molar-refractivity contribution in [3.63, 3.8) is 0 Å². The van der Waals surface area contributed by atoms with Crippen LogP contribution in [0.3, 0.4) is 0 Å². The number of carbonyl (C=O) groups is 1. The molecule has 3 heteroatoms. The van der Waals surface area contributed by atoms with E-state index in [0.717, 1.165) is 12.8 Å². The molecule has 0 radical (unpaired) electrons. The lowest BCUT2D eigenvalue weighted by atomic mass is 9.63. The van der Waals surface area contributed by atoms with Gasteiger partial charge in [0.15, 0.2) is 6.10 Å². The molecule has 3 nitrogen and oxygen atoms in total. The summed E-state index contributed by atoms with van der Waals surface area (Å²) in [6.07, 6.45) is 4.96. The zero-order valence-corrected chi connectivity index (χ0v) is 7.08. The number of aliphatic carboxylic acids is 1. The van der Waals surface area contributed by atoms with Crippen molar-refractivity contribution < 1.29 is 14.6 Å². The Morgan fingerprint density at radius 3 is 2.67 bits per heavy atom. The molecule has 1 atom stereocenters. The molecule has 1 spiro atoms. The first kappa shape index (κ1) is 8.05. The molecule has 12 heavy (non-hydrogen) atoms. The Kier molecular flexibility index (Phi) is 1.83. The highest BCUT2D eigenvalue weighted by molar-refractivity contribution is 5.72. The fraction of sp³-hybridized carbons (Fsp3) is 0.889. The lowest BCUT2D eigenvalue weighted by Crippen LogP contribution is -2.43. The highest BCUT2D eigenvalue weighted by Crippen LogP contribution is 2.49. The van der Waals surface area contributed by atoms with Crippen LogP contribution < -0.4 is 0 Å². The number of hydrogen-bond donors (Lipinski definition) is 1. The minimum atomic E-state index is -0.791. The molecule has 2 aliphatic rings. The molecule has 0 bridgehead atoms. The number of rotatable bonds is 1. The van der Waals surface area contributed by atoms with Gasteiger partial charge in [-0.2, -0.15) is 0 Å². The second-order valence-corrected chi connectivity index (χ2v) is 4.01. The van der Waals surface area contributed by atoms with Gasteiger partial charge in [-0.3, -0.25) is 0 Å². The van der Waals surface area contributed by atoms with E-state index < -0.39 is 12.1 Å². The van der Waals surface area contributed by atoms with Crippen LogP contribution in [0.4, 0.5) is 0 Å². The van der Waals surface area contributed by atoms with Crippen LogP contribution in [-0.4, -0.2) is 23.8 Å². The third-order valence-electron chi connectivity index (χ3n) is 3.26. The summed E-state index contributed by atoms with van der Waals surface area (Å²) in [6.45, 7) is 0.636. The summed E-state index contributed by atoms with van der Waals surface area (Å²) in [4.78, 5) is 10.7. The SMILES string of the molecule is O=C(O)C1CC2(CCC2)CCO1. The molecule has 0 amide bonds. The van der Waals surface area contributed by atoms with Gasteiger partial charge in [-0.1, -0.05) is 6.42 Å². The average molecular weight is 170 g/mol. The predicted octanol–water partition coefficient (Wildman–Crippen LogP) is 1.42. The van der Waals surface area contributed by atoms with Gasteiger partial charge in [0, 0.05) is 6.61 Å². The van der Waals surface area contributed by atoms with Crippen molar-refractivity contribution in [3.05, 3.63) is 0 Å². The number of hydrogen-bond acceptors (Lipinski definition) is 2. The second kappa shape index (κ2) is 2.73. The van der Waals surface area contributed by atoms with Crippen LogP contribution in [0.2, 0.25) is 0 Å². The molecule has 1 N–H and O–H groups in total. The molecular formula is C9H14O3. The number of carboxylic acids is 1. The highest BCUT2D eigenvalue weighted by atomic mass is 16.5. The maximum atomic E-state index is 10.7. The van der Waals surface area contributed by atoms with Gasteiger partial charge in [0.2, 0.25) is 0 Å². The average Bonchev–Trinajstić information content (AvgIpc) is 2.02. The first-order valence-corrected chi connectivity index (χ1v) is 4.56. The van der Waals surface area contributed by atoms with Crippen molar-refractivity contribution in [2.75, 3.05) is 6.61 Å². The standard InChI is InChI=1S/C9H14O3/c10-8(11)7-6-9(2-1-3-9)4-5-12-7/h7H,1-6H2,(H,10,11). The van der Waals surface area contributed by atoms with E-state index in [1.54, 1.807) is 0 Å². The fourth-order valence-corrected chi connectivity index (χ4v) is 2.26. The van der Waals surface area contributed by atoms with Gasteiger partial charge in [-0.25, -0.2) is 4.79 Å². The van der Waals surface area contributed by atoms with E-state index in [9.17, 15) is 4.79 Å². The molecule has 0 aromatic heterocycles. The number of ether oxygens (including phenoxy) is 1. The lowest BCUT2D eigenvalue weighted by Gasteiger charge is -2.46. The fourth-order valence-electron chi connectivity index (χ4n) is 2.26. The zero-order valence-electron chi connectivity index (χ0n) is 7.08. The maximum absolute atomic E-state index is 10.7. The van der Waals surface area contributed by atoms with Crippen molar-refractivity contribution in [1.82, 2.24) is 0 Å². The molecule has 1 heterocycles. The smallest absolute Gasteiger partial charge is 0.332 e. The Bertz CT molecular complexity index is 196. The van der Waals surface area contributed by atoms with Crippen LogP contribution in [0.15, 0.2) is 0 Å². The number of carboxylic acid groups (broad SMARTS) is 1. The van der Waals surface area contributed by atoms with E-state index in [1.165, 1.54) is 19.3 Å². The summed E-state index contributed by atoms with van der Waals surface area (Å²) in [5.41, 5.74) is 0.349. The quantitative estimate of drug-likeness (QED) is 0.647. The molecule has 1 unspecified atom stereocenters. The molecule has 0 aromatic carbocycles. The molecule has 1 saturated heterocycles. The molecule has 0 aromatic rings. The minimum Gasteiger partial charge on any atom is -0.479 e. The Morgan fingerprint density at radius 1 is 1.42 bits per heavy atom. The van der Waals surface area contributed by atoms with Crippen LogP contribution in [0.5, 0.6) is 0 Å². The largest absolute Gasteiger partial charge is 0.479 e. The molecule has 68 valence electrons. The lowest BCUT2D eigenvalue weighted by molar-refractivity contribution is -0.162. The van der Waals surface area contributed by atoms with Crippen molar-refractivity contribution in [2.24, 2.45) is 5.41 Å². The summed E-state index contributed by atoms with van der Waals surface area (Å²) >= 11 is 0. The Balaban J connectivity index is 1.98. The van der Waals surface area contributed by atoms with Gasteiger partial charge >= 0.3 is 5.97 Å². The van der Waals surface area contributed by atoms with Crippen molar-refractivity contribution in [3.8, 4) is 0 Å². The molecule has 2 fully saturated rings. The third kappa shape index (κ3) is 1.22. The molecular weight excluding hydrogens is 156 g/mol. The topological polar surface area (TPSA) is 46.5 Å². The van der Waals surface area contributed by atoms with Gasteiger partial charge in [0.05, 0.1) is 0 Å². The molecule has 1 aliphatic heterocycles. The van der Waals surface area contributed by atoms with Crippen molar-refractivity contribution >= 4 is 5.97 Å². The van der Waals surface area contributed by atoms with E-state index in [0.29, 0.717) is 12.0 Å². The Hall–Kier alpha value is -0.570. The summed E-state index contributed by atoms with van der Waals surface area (Å²) < 4.78 is 5.17. The Labute approximate surface area is 71.7 Å². The van der Waals surface area contributed by atoms with Crippen molar-refractivity contribution in [2.45, 2.75) is 38.2 Å². The first-order valence-electron chi connectivity index (χ1n) is 4.56. The van der Waals surface area contributed by atoms with Gasteiger partial charge in [-0.05, 0) is 31.1 Å². The van der Waals surface area contributed by atoms with Crippen LogP contribution in [0, 0.1) is 5.41 Å². The zero-order chi connectivity index (χ0) is 8.60. The van der Waals surface area contributed by atoms with Crippen LogP contribution in [-0.2, 0) is 9.53 Å². The van der Waals surface area contributed by atoms with E-state index in [4.69, 9.17) is 9.84 Å². The first-order chi connectivity index (χ1) is 5.72. The van der Waals surface area contributed by atoms with Crippen LogP contribution in [0.1, 0.15) is 32.1 Å². The maximum Gasteiger partial charge on any atom is 0.332 e. The van der Waals surface area contributed by atoms with Crippen LogP contribution in [0.25, 0.3) is 0 Å². The summed E-state index contributed by atoms with van der Waals surface area (Å²) in [5.74, 6) is -0.791. The van der Waals surface area contributed by atoms with E-state index in [-0.39, 0.29) is 0 Å². The molecule has 2 rings (SSSR count). The monoisotopic (exact) mass is 170 g/mol. The van der Waals surface area contributed by atoms with Crippen LogP contribution >= 0.6 is 0 Å². The summed E-state index contributed by atoms with van der Waals surface area (Å²) in [6, 6.07) is 0. The molecule has 1 saturated carbocycles. The predicted molar refractivity (Wildman–Crippen MR) is 42.9 cm³/mol. The van der Waals surface area contributed by atoms with E-state index in [2.05, 4.69) is 0 Å². The third-order valence-corrected chi connectivity index (χ3v) is 3.26. The van der Waals surface area contributed by atoms with E-state index >= 15 is 0 Å². The van der Waals surface area contributed by atoms with E-state index in [1.807, 2.05) is 0 Å². The molecule has 1 aliphatic carbocycles. The second-order valence-electron chi connectivity index (χ2n) is 4.01. The van der Waals surface area contributed by atoms with Gasteiger partial charge in [0.1, 0.15) is 0 Å². The normalized spacial score (nSPS) is 32.8. The summed E-state index contributed by atoms with van der Waals surface area (Å²) in [5, 5.41) is 8.77. The Morgan fingerprint density at radius 2 is 2.17 bits per heavy atom. The van der Waals surface area contributed by atoms with Crippen molar-refractivity contribution in [1.29, 1.82) is 0 Å². The summed E-state index contributed by atoms with van der Waals surface area (Å²) in [7, 11) is 0. The minimum absolute atomic E-state index is 0.349. The van der Waals surface area contributed by atoms with Gasteiger partial charge in [-0.15, -0.1) is 0 Å². The highest BCUT2D eigenvalue weighted by Gasteiger charge is 2.43.